The minimum absolute atomic E-state index is 0.0509. The quantitative estimate of drug-likeness (QED) is 0.424. The van der Waals surface area contributed by atoms with Crippen molar-refractivity contribution in [3.63, 3.8) is 0 Å². The van der Waals surface area contributed by atoms with E-state index in [1.807, 2.05) is 0 Å². The number of aliphatic hydroxyl groups excluding tert-OH is 2. The van der Waals surface area contributed by atoms with E-state index in [1.165, 1.54) is 0 Å². The zero-order chi connectivity index (χ0) is 6.43. The number of aliphatic hydroxyl groups is 2. The molecule has 4 atom stereocenters. The van der Waals surface area contributed by atoms with E-state index in [0.29, 0.717) is 0 Å². The summed E-state index contributed by atoms with van der Waals surface area (Å²) in [4.78, 5) is 0. The Morgan fingerprint density at radius 1 is 1.22 bits per heavy atom. The second-order valence-corrected chi connectivity index (χ2v) is 2.31. The predicted octanol–water partition coefficient (Wildman–Crippen LogP) is -1.54. The van der Waals surface area contributed by atoms with Gasteiger partial charge in [-0.3, -0.25) is 0 Å². The van der Waals surface area contributed by atoms with Crippen molar-refractivity contribution in [1.29, 1.82) is 0 Å². The third-order valence-corrected chi connectivity index (χ3v) is 1.70. The van der Waals surface area contributed by atoms with Crippen LogP contribution in [0, 0.1) is 0 Å². The van der Waals surface area contributed by atoms with Gasteiger partial charge in [-0.15, -0.1) is 0 Å². The topological polar surface area (TPSA) is 62.2 Å². The van der Waals surface area contributed by atoms with Crippen LogP contribution in [-0.4, -0.2) is 41.4 Å². The van der Waals surface area contributed by atoms with Crippen LogP contribution in [-0.2, 0) is 9.47 Å². The molecule has 2 rings (SSSR count). The van der Waals surface area contributed by atoms with Crippen LogP contribution >= 0.6 is 0 Å². The smallest absolute Gasteiger partial charge is 0.184 e. The maximum Gasteiger partial charge on any atom is 0.184 e. The van der Waals surface area contributed by atoms with Crippen molar-refractivity contribution >= 4 is 0 Å². The third-order valence-electron chi connectivity index (χ3n) is 1.70. The number of hydrogen-bond donors (Lipinski definition) is 2. The zero-order valence-corrected chi connectivity index (χ0v) is 4.73. The van der Waals surface area contributed by atoms with Gasteiger partial charge in [-0.25, -0.2) is 0 Å². The van der Waals surface area contributed by atoms with Gasteiger partial charge in [0.05, 0.1) is 6.61 Å². The predicted molar refractivity (Wildman–Crippen MR) is 26.6 cm³/mol. The molecule has 2 aliphatic rings. The summed E-state index contributed by atoms with van der Waals surface area (Å²) in [5.74, 6) is 0. The van der Waals surface area contributed by atoms with E-state index in [9.17, 15) is 0 Å². The summed E-state index contributed by atoms with van der Waals surface area (Å²) in [5, 5.41) is 17.4. The molecule has 4 nitrogen and oxygen atoms in total. The lowest BCUT2D eigenvalue weighted by Crippen LogP contribution is -2.22. The van der Waals surface area contributed by atoms with Crippen molar-refractivity contribution in [2.75, 3.05) is 6.61 Å². The van der Waals surface area contributed by atoms with Gasteiger partial charge in [-0.05, 0) is 0 Å². The molecule has 2 heterocycles. The van der Waals surface area contributed by atoms with Gasteiger partial charge < -0.3 is 19.7 Å². The fourth-order valence-electron chi connectivity index (χ4n) is 1.15. The average Bonchev–Trinajstić information content (AvgIpc) is 2.56. The monoisotopic (exact) mass is 132 g/mol. The molecule has 0 spiro atoms. The Bertz CT molecular complexity index is 126. The van der Waals surface area contributed by atoms with Crippen molar-refractivity contribution in [2.24, 2.45) is 0 Å². The van der Waals surface area contributed by atoms with Crippen molar-refractivity contribution in [1.82, 2.24) is 0 Å². The van der Waals surface area contributed by atoms with Crippen LogP contribution in [0.1, 0.15) is 0 Å². The molecule has 2 aliphatic heterocycles. The SMILES string of the molecule is OC[C@@H]1OC(O)[C@@H]2O[C@H]12. The van der Waals surface area contributed by atoms with Crippen LogP contribution in [0.2, 0.25) is 0 Å². The number of rotatable bonds is 1. The van der Waals surface area contributed by atoms with Crippen LogP contribution in [0.3, 0.4) is 0 Å². The van der Waals surface area contributed by atoms with E-state index in [0.717, 1.165) is 0 Å². The molecule has 2 saturated heterocycles. The summed E-state index contributed by atoms with van der Waals surface area (Å²) in [7, 11) is 0. The first-order valence-corrected chi connectivity index (χ1v) is 2.93. The fourth-order valence-corrected chi connectivity index (χ4v) is 1.15. The highest BCUT2D eigenvalue weighted by molar-refractivity contribution is 4.99. The van der Waals surface area contributed by atoms with E-state index in [1.54, 1.807) is 0 Å². The minimum Gasteiger partial charge on any atom is -0.394 e. The molecule has 0 aromatic carbocycles. The van der Waals surface area contributed by atoms with Crippen LogP contribution in [0.25, 0.3) is 0 Å². The molecule has 0 saturated carbocycles. The van der Waals surface area contributed by atoms with Crippen molar-refractivity contribution in [2.45, 2.75) is 24.6 Å². The standard InChI is InChI=1S/C5H8O4/c6-1-2-3-4(9-3)5(7)8-2/h2-7H,1H2/t2-,3+,4+,5?/m0/s1. The molecule has 2 fully saturated rings. The second-order valence-electron chi connectivity index (χ2n) is 2.31. The summed E-state index contributed by atoms with van der Waals surface area (Å²) in [6.07, 6.45) is -1.33. The van der Waals surface area contributed by atoms with Gasteiger partial charge in [0.2, 0.25) is 0 Å². The molecule has 0 aromatic rings. The van der Waals surface area contributed by atoms with Crippen LogP contribution in [0.4, 0.5) is 0 Å². The minimum atomic E-state index is -0.813. The van der Waals surface area contributed by atoms with Gasteiger partial charge in [0, 0.05) is 0 Å². The van der Waals surface area contributed by atoms with Gasteiger partial charge in [-0.1, -0.05) is 0 Å². The molecule has 0 bridgehead atoms. The van der Waals surface area contributed by atoms with E-state index in [-0.39, 0.29) is 24.9 Å². The van der Waals surface area contributed by atoms with Gasteiger partial charge in [0.15, 0.2) is 6.29 Å². The van der Waals surface area contributed by atoms with Gasteiger partial charge >= 0.3 is 0 Å². The highest BCUT2D eigenvalue weighted by Gasteiger charge is 2.57. The summed E-state index contributed by atoms with van der Waals surface area (Å²) in [6.45, 7) is -0.0712. The van der Waals surface area contributed by atoms with Crippen LogP contribution in [0.15, 0.2) is 0 Å². The van der Waals surface area contributed by atoms with Crippen molar-refractivity contribution in [3.8, 4) is 0 Å². The van der Waals surface area contributed by atoms with Gasteiger partial charge in [0.1, 0.15) is 18.3 Å². The Morgan fingerprint density at radius 3 is 2.22 bits per heavy atom. The zero-order valence-electron chi connectivity index (χ0n) is 4.73. The lowest BCUT2D eigenvalue weighted by molar-refractivity contribution is -0.149. The van der Waals surface area contributed by atoms with Gasteiger partial charge in [-0.2, -0.15) is 0 Å². The van der Waals surface area contributed by atoms with E-state index in [4.69, 9.17) is 19.7 Å². The Morgan fingerprint density at radius 2 is 2.00 bits per heavy atom. The van der Waals surface area contributed by atoms with E-state index in [2.05, 4.69) is 0 Å². The van der Waals surface area contributed by atoms with E-state index < -0.39 is 6.29 Å². The molecular weight excluding hydrogens is 124 g/mol. The largest absolute Gasteiger partial charge is 0.394 e. The average molecular weight is 132 g/mol. The second kappa shape index (κ2) is 1.67. The molecule has 1 unspecified atom stereocenters. The molecule has 52 valence electrons. The lowest BCUT2D eigenvalue weighted by atomic mass is 10.2. The molecule has 2 N–H and O–H groups in total. The lowest BCUT2D eigenvalue weighted by Gasteiger charge is -2.09. The highest BCUT2D eigenvalue weighted by Crippen LogP contribution is 2.37. The molecule has 0 aliphatic carbocycles. The molecule has 4 heteroatoms. The number of epoxide rings is 1. The third kappa shape index (κ3) is 0.679. The molecule has 0 aromatic heterocycles. The Labute approximate surface area is 52.0 Å². The van der Waals surface area contributed by atoms with E-state index >= 15 is 0 Å². The summed E-state index contributed by atoms with van der Waals surface area (Å²) in [6, 6.07) is 0. The fraction of sp³-hybridized carbons (Fsp3) is 1.00. The summed E-state index contributed by atoms with van der Waals surface area (Å²) in [5.41, 5.74) is 0. The maximum absolute atomic E-state index is 8.88. The Hall–Kier alpha value is -0.160. The Balaban J connectivity index is 2.00. The highest BCUT2D eigenvalue weighted by atomic mass is 16.7. The Kier molecular flexibility index (Phi) is 1.04. The number of hydrogen-bond acceptors (Lipinski definition) is 4. The van der Waals surface area contributed by atoms with Crippen LogP contribution in [0.5, 0.6) is 0 Å². The maximum atomic E-state index is 8.88. The molecule has 0 amide bonds. The number of ether oxygens (including phenoxy) is 2. The molecular formula is C5H8O4. The van der Waals surface area contributed by atoms with Crippen molar-refractivity contribution in [3.05, 3.63) is 0 Å². The first-order valence-electron chi connectivity index (χ1n) is 2.93. The molecule has 0 radical (unpaired) electrons. The first kappa shape index (κ1) is 5.61. The van der Waals surface area contributed by atoms with Crippen molar-refractivity contribution < 1.29 is 19.7 Å². The normalized spacial score (nSPS) is 55.3. The molecule has 9 heavy (non-hydrogen) atoms. The van der Waals surface area contributed by atoms with Gasteiger partial charge in [0.25, 0.3) is 0 Å². The first-order chi connectivity index (χ1) is 4.33. The van der Waals surface area contributed by atoms with Crippen LogP contribution < -0.4 is 0 Å². The number of fused-ring (bicyclic) bond motifs is 1. The summed E-state index contributed by atoms with van der Waals surface area (Å²) < 4.78 is 9.79. The summed E-state index contributed by atoms with van der Waals surface area (Å²) >= 11 is 0.